The van der Waals surface area contributed by atoms with Crippen molar-refractivity contribution in [2.45, 2.75) is 31.2 Å². The first-order valence-electron chi connectivity index (χ1n) is 12.0. The van der Waals surface area contributed by atoms with Crippen molar-refractivity contribution in [1.29, 1.82) is 0 Å². The van der Waals surface area contributed by atoms with Gasteiger partial charge in [0.15, 0.2) is 5.65 Å². The number of rotatable bonds is 5. The Bertz CT molecular complexity index is 1430. The Morgan fingerprint density at radius 2 is 1.89 bits per heavy atom. The van der Waals surface area contributed by atoms with Gasteiger partial charge >= 0.3 is 6.18 Å². The van der Waals surface area contributed by atoms with Gasteiger partial charge in [0.1, 0.15) is 6.10 Å². The van der Waals surface area contributed by atoms with Crippen LogP contribution in [-0.4, -0.2) is 52.2 Å². The molecule has 0 radical (unpaired) electrons. The number of alkyl halides is 3. The molecule has 2 unspecified atom stereocenters. The van der Waals surface area contributed by atoms with E-state index >= 15 is 0 Å². The van der Waals surface area contributed by atoms with Gasteiger partial charge in [-0.3, -0.25) is 14.0 Å². The number of ether oxygens (including phenoxy) is 2. The zero-order valence-electron chi connectivity index (χ0n) is 19.6. The van der Waals surface area contributed by atoms with Crippen molar-refractivity contribution in [1.82, 2.24) is 19.7 Å². The second-order valence-corrected chi connectivity index (χ2v) is 9.47. The van der Waals surface area contributed by atoms with Crippen LogP contribution in [0.25, 0.3) is 27.6 Å². The minimum Gasteiger partial charge on any atom is -0.376 e. The monoisotopic (exact) mass is 498 g/mol. The maximum Gasteiger partial charge on any atom is 0.416 e. The third-order valence-electron chi connectivity index (χ3n) is 6.93. The first kappa shape index (κ1) is 23.1. The first-order chi connectivity index (χ1) is 17.3. The number of halogens is 3. The van der Waals surface area contributed by atoms with Crippen LogP contribution in [0, 0.1) is 5.92 Å². The van der Waals surface area contributed by atoms with Crippen LogP contribution in [0.4, 0.5) is 13.2 Å². The summed E-state index contributed by atoms with van der Waals surface area (Å²) in [6, 6.07) is 10.3. The average molecular weight is 499 g/mol. The lowest BCUT2D eigenvalue weighted by molar-refractivity contribution is -0.137. The molecule has 1 saturated carbocycles. The van der Waals surface area contributed by atoms with Crippen LogP contribution in [0.15, 0.2) is 48.7 Å². The number of fused-ring (bicyclic) bond motifs is 3. The fourth-order valence-electron chi connectivity index (χ4n) is 5.01. The van der Waals surface area contributed by atoms with E-state index in [0.717, 1.165) is 41.3 Å². The SMILES string of the molecule is Cn1cc2c3cc(C(=O)NC(C4CC4)C4COCCO4)ccc3n(-c3ccc(C(F)(F)F)cc3)c2n1. The fraction of sp³-hybridized carbons (Fsp3) is 0.385. The summed E-state index contributed by atoms with van der Waals surface area (Å²) in [5, 5.41) is 9.31. The van der Waals surface area contributed by atoms with Crippen molar-refractivity contribution in [3.05, 3.63) is 59.8 Å². The van der Waals surface area contributed by atoms with Gasteiger partial charge in [0.2, 0.25) is 0 Å². The van der Waals surface area contributed by atoms with E-state index in [1.54, 1.807) is 17.8 Å². The predicted molar refractivity (Wildman–Crippen MR) is 127 cm³/mol. The van der Waals surface area contributed by atoms with Crippen LogP contribution in [0.5, 0.6) is 0 Å². The second-order valence-electron chi connectivity index (χ2n) is 9.47. The average Bonchev–Trinajstić information content (AvgIpc) is 3.58. The molecule has 188 valence electrons. The molecule has 2 aliphatic rings. The molecule has 6 rings (SSSR count). The summed E-state index contributed by atoms with van der Waals surface area (Å²) in [5.74, 6) is 0.192. The molecule has 7 nitrogen and oxygen atoms in total. The van der Waals surface area contributed by atoms with Crippen LogP contribution in [0.2, 0.25) is 0 Å². The molecule has 2 aromatic carbocycles. The van der Waals surface area contributed by atoms with E-state index in [-0.39, 0.29) is 18.1 Å². The van der Waals surface area contributed by atoms with Gasteiger partial charge in [-0.15, -0.1) is 0 Å². The lowest BCUT2D eigenvalue weighted by Gasteiger charge is -2.31. The standard InChI is InChI=1S/C26H25F3N4O3/c1-32-13-20-19-12-16(25(34)30-23(15-2-3-15)22-14-35-10-11-36-22)4-9-21(19)33(24(20)31-32)18-7-5-17(6-8-18)26(27,28)29/h4-9,12-13,15,22-23H,2-3,10-11,14H2,1H3,(H,30,34). The van der Waals surface area contributed by atoms with Gasteiger partial charge < -0.3 is 14.8 Å². The van der Waals surface area contributed by atoms with E-state index in [9.17, 15) is 18.0 Å². The lowest BCUT2D eigenvalue weighted by atomic mass is 10.0. The Kier molecular flexibility index (Phi) is 5.53. The van der Waals surface area contributed by atoms with Gasteiger partial charge in [-0.1, -0.05) is 0 Å². The summed E-state index contributed by atoms with van der Waals surface area (Å²) in [7, 11) is 1.78. The normalized spacial score (nSPS) is 19.6. The Morgan fingerprint density at radius 3 is 2.56 bits per heavy atom. The molecule has 3 heterocycles. The largest absolute Gasteiger partial charge is 0.416 e. The van der Waals surface area contributed by atoms with Gasteiger partial charge in [0.25, 0.3) is 5.91 Å². The van der Waals surface area contributed by atoms with Crippen LogP contribution in [0.1, 0.15) is 28.8 Å². The Hall–Kier alpha value is -3.37. The molecule has 36 heavy (non-hydrogen) atoms. The van der Waals surface area contributed by atoms with Crippen molar-refractivity contribution in [2.24, 2.45) is 13.0 Å². The minimum atomic E-state index is -4.41. The number of carbonyl (C=O) groups excluding carboxylic acids is 1. The maximum atomic E-state index is 13.3. The van der Waals surface area contributed by atoms with Crippen LogP contribution < -0.4 is 5.32 Å². The van der Waals surface area contributed by atoms with Crippen molar-refractivity contribution in [3.63, 3.8) is 0 Å². The first-order valence-corrected chi connectivity index (χ1v) is 12.0. The Morgan fingerprint density at radius 1 is 1.11 bits per heavy atom. The van der Waals surface area contributed by atoms with E-state index in [1.165, 1.54) is 12.1 Å². The van der Waals surface area contributed by atoms with Crippen molar-refractivity contribution < 1.29 is 27.4 Å². The van der Waals surface area contributed by atoms with E-state index in [0.29, 0.717) is 42.6 Å². The van der Waals surface area contributed by atoms with E-state index in [1.807, 2.05) is 22.9 Å². The van der Waals surface area contributed by atoms with Crippen molar-refractivity contribution in [2.75, 3.05) is 19.8 Å². The van der Waals surface area contributed by atoms with Gasteiger partial charge in [-0.2, -0.15) is 18.3 Å². The number of amides is 1. The number of carbonyl (C=O) groups is 1. The Balaban J connectivity index is 1.36. The molecular formula is C26H25F3N4O3. The van der Waals surface area contributed by atoms with E-state index in [2.05, 4.69) is 10.4 Å². The third kappa shape index (κ3) is 4.14. The molecule has 10 heteroatoms. The molecule has 2 atom stereocenters. The fourth-order valence-corrected chi connectivity index (χ4v) is 5.01. The highest BCUT2D eigenvalue weighted by Gasteiger charge is 2.39. The number of hydrogen-bond acceptors (Lipinski definition) is 4. The van der Waals surface area contributed by atoms with E-state index < -0.39 is 11.7 Å². The highest BCUT2D eigenvalue weighted by atomic mass is 19.4. The topological polar surface area (TPSA) is 70.3 Å². The Labute approximate surface area is 204 Å². The molecule has 2 aromatic heterocycles. The van der Waals surface area contributed by atoms with Crippen molar-refractivity contribution in [3.8, 4) is 5.69 Å². The summed E-state index contributed by atoms with van der Waals surface area (Å²) in [4.78, 5) is 13.3. The molecule has 1 N–H and O–H groups in total. The number of hydrogen-bond donors (Lipinski definition) is 1. The molecule has 1 aliphatic carbocycles. The second kappa shape index (κ2) is 8.63. The molecule has 2 fully saturated rings. The number of aryl methyl sites for hydroxylation is 1. The van der Waals surface area contributed by atoms with Gasteiger partial charge in [-0.05, 0) is 61.2 Å². The number of nitrogens with zero attached hydrogens (tertiary/aromatic N) is 3. The molecule has 0 spiro atoms. The summed E-state index contributed by atoms with van der Waals surface area (Å²) >= 11 is 0. The molecule has 0 bridgehead atoms. The number of nitrogens with one attached hydrogen (secondary N) is 1. The molecule has 1 saturated heterocycles. The van der Waals surface area contributed by atoms with Gasteiger partial charge in [0, 0.05) is 35.3 Å². The van der Waals surface area contributed by atoms with E-state index in [4.69, 9.17) is 9.47 Å². The van der Waals surface area contributed by atoms with Crippen molar-refractivity contribution >= 4 is 27.8 Å². The summed E-state index contributed by atoms with van der Waals surface area (Å²) < 4.78 is 54.1. The molecule has 4 aromatic rings. The maximum absolute atomic E-state index is 13.3. The third-order valence-corrected chi connectivity index (χ3v) is 6.93. The highest BCUT2D eigenvalue weighted by Crippen LogP contribution is 2.36. The molecule has 1 amide bonds. The lowest BCUT2D eigenvalue weighted by Crippen LogP contribution is -2.50. The predicted octanol–water partition coefficient (Wildman–Crippen LogP) is 4.46. The van der Waals surface area contributed by atoms with Crippen LogP contribution >= 0.6 is 0 Å². The molecular weight excluding hydrogens is 473 g/mol. The quantitative estimate of drug-likeness (QED) is 0.441. The highest BCUT2D eigenvalue weighted by molar-refractivity contribution is 6.10. The smallest absolute Gasteiger partial charge is 0.376 e. The van der Waals surface area contributed by atoms with Crippen LogP contribution in [0.3, 0.4) is 0 Å². The zero-order chi connectivity index (χ0) is 25.0. The minimum absolute atomic E-state index is 0.108. The van der Waals surface area contributed by atoms with Crippen LogP contribution in [-0.2, 0) is 22.7 Å². The van der Waals surface area contributed by atoms with Gasteiger partial charge in [-0.25, -0.2) is 0 Å². The molecule has 1 aliphatic heterocycles. The summed E-state index contributed by atoms with van der Waals surface area (Å²) in [5.41, 5.74) is 1.71. The number of aromatic nitrogens is 3. The van der Waals surface area contributed by atoms with Gasteiger partial charge in [0.05, 0.1) is 36.9 Å². The zero-order valence-corrected chi connectivity index (χ0v) is 19.6. The summed E-state index contributed by atoms with van der Waals surface area (Å²) in [6.07, 6.45) is -0.621. The summed E-state index contributed by atoms with van der Waals surface area (Å²) in [6.45, 7) is 1.55. The number of benzene rings is 2.